The highest BCUT2D eigenvalue weighted by Crippen LogP contribution is 2.46. The van der Waals surface area contributed by atoms with Crippen LogP contribution in [0.2, 0.25) is 0 Å². The van der Waals surface area contributed by atoms with Crippen LogP contribution in [-0.2, 0) is 33.4 Å². The predicted octanol–water partition coefficient (Wildman–Crippen LogP) is 8.04. The van der Waals surface area contributed by atoms with Gasteiger partial charge in [-0.15, -0.1) is 0 Å². The van der Waals surface area contributed by atoms with E-state index in [1.165, 1.54) is 0 Å². The lowest BCUT2D eigenvalue weighted by Crippen LogP contribution is -2.66. The van der Waals surface area contributed by atoms with Crippen LogP contribution in [0.3, 0.4) is 0 Å². The van der Waals surface area contributed by atoms with E-state index in [2.05, 4.69) is 63.7 Å². The fourth-order valence-corrected chi connectivity index (χ4v) is 6.95. The molecule has 9 nitrogen and oxygen atoms in total. The van der Waals surface area contributed by atoms with E-state index in [1.807, 2.05) is 37.3 Å². The molecule has 1 saturated heterocycles. The largest absolute Gasteiger partial charge is 0.465 e. The van der Waals surface area contributed by atoms with E-state index in [0.717, 1.165) is 24.0 Å². The van der Waals surface area contributed by atoms with Crippen LogP contribution in [0.1, 0.15) is 123 Å². The van der Waals surface area contributed by atoms with E-state index < -0.39 is 35.0 Å². The number of hydrogen-bond donors (Lipinski definition) is 0. The Bertz CT molecular complexity index is 1310. The number of methoxy groups -OCH3 is 1. The molecule has 1 aromatic carbocycles. The van der Waals surface area contributed by atoms with E-state index >= 15 is 0 Å². The first-order valence-electron chi connectivity index (χ1n) is 18.2. The summed E-state index contributed by atoms with van der Waals surface area (Å²) in [5.41, 5.74) is 0.852. The molecule has 0 saturated carbocycles. The van der Waals surface area contributed by atoms with Gasteiger partial charge in [0.05, 0.1) is 36.1 Å². The van der Waals surface area contributed by atoms with Crippen molar-refractivity contribution in [3.8, 4) is 0 Å². The van der Waals surface area contributed by atoms with Crippen LogP contribution in [0.4, 0.5) is 0 Å². The summed E-state index contributed by atoms with van der Waals surface area (Å²) in [4.78, 5) is 52.3. The van der Waals surface area contributed by atoms with Gasteiger partial charge in [-0.25, -0.2) is 0 Å². The number of rotatable bonds is 20. The number of Topliss-reactive ketones (excluding diaryl/α,β-unsaturated/α-hetero) is 1. The highest BCUT2D eigenvalue weighted by molar-refractivity contribution is 5.84. The van der Waals surface area contributed by atoms with Gasteiger partial charge in [0.25, 0.3) is 0 Å². The van der Waals surface area contributed by atoms with E-state index in [0.29, 0.717) is 32.3 Å². The van der Waals surface area contributed by atoms with Crippen LogP contribution >= 0.6 is 0 Å². The molecule has 1 aliphatic heterocycles. The second-order valence-corrected chi connectivity index (χ2v) is 14.2. The van der Waals surface area contributed by atoms with Crippen LogP contribution in [0.15, 0.2) is 54.9 Å². The van der Waals surface area contributed by atoms with Crippen LogP contribution in [-0.4, -0.2) is 65.8 Å². The van der Waals surface area contributed by atoms with Gasteiger partial charge in [-0.2, -0.15) is 5.06 Å². The quantitative estimate of drug-likeness (QED) is 0.102. The van der Waals surface area contributed by atoms with Gasteiger partial charge in [-0.1, -0.05) is 71.4 Å². The van der Waals surface area contributed by atoms with Gasteiger partial charge in [0.15, 0.2) is 0 Å². The number of pyridine rings is 1. The number of carbonyl (C=O) groups is 3. The second kappa shape index (κ2) is 19.3. The van der Waals surface area contributed by atoms with Crippen molar-refractivity contribution in [1.82, 2.24) is 10.0 Å². The molecule has 0 amide bonds. The van der Waals surface area contributed by atoms with Crippen molar-refractivity contribution in [2.75, 3.05) is 26.9 Å². The Labute approximate surface area is 294 Å². The van der Waals surface area contributed by atoms with Crippen molar-refractivity contribution in [2.45, 2.75) is 123 Å². The number of hydroxylamine groups is 2. The molecule has 1 fully saturated rings. The number of unbranched alkanes of at least 4 members (excludes halogenated alkanes) is 1. The summed E-state index contributed by atoms with van der Waals surface area (Å²) in [6.07, 6.45) is 7.32. The third-order valence-corrected chi connectivity index (χ3v) is 10.7. The molecule has 272 valence electrons. The molecule has 2 aromatic rings. The lowest BCUT2D eigenvalue weighted by Gasteiger charge is -2.56. The zero-order chi connectivity index (χ0) is 36.0. The number of ether oxygens (including phenoxy) is 3. The molecule has 0 bridgehead atoms. The van der Waals surface area contributed by atoms with Crippen molar-refractivity contribution >= 4 is 17.7 Å². The van der Waals surface area contributed by atoms with Gasteiger partial charge in [-0.05, 0) is 81.5 Å². The molecule has 1 aliphatic rings. The third-order valence-electron chi connectivity index (χ3n) is 10.7. The molecule has 2 heterocycles. The smallest absolute Gasteiger partial charge is 0.309 e. The number of ketones is 1. The second-order valence-electron chi connectivity index (χ2n) is 14.2. The van der Waals surface area contributed by atoms with Gasteiger partial charge in [0.1, 0.15) is 18.5 Å². The molecular formula is C40H60N2O7. The van der Waals surface area contributed by atoms with Crippen molar-refractivity contribution in [3.63, 3.8) is 0 Å². The van der Waals surface area contributed by atoms with Gasteiger partial charge < -0.3 is 14.2 Å². The summed E-state index contributed by atoms with van der Waals surface area (Å²) in [7, 11) is 1.56. The van der Waals surface area contributed by atoms with Crippen molar-refractivity contribution in [3.05, 3.63) is 66.0 Å². The Kier molecular flexibility index (Phi) is 15.9. The Morgan fingerprint density at radius 2 is 1.51 bits per heavy atom. The molecular weight excluding hydrogens is 620 g/mol. The molecule has 7 atom stereocenters. The Morgan fingerprint density at radius 1 is 0.878 bits per heavy atom. The Hall–Kier alpha value is -3.14. The summed E-state index contributed by atoms with van der Waals surface area (Å²) >= 11 is 0. The lowest BCUT2D eigenvalue weighted by molar-refractivity contribution is -0.320. The zero-order valence-electron chi connectivity index (χ0n) is 31.1. The molecule has 0 N–H and O–H groups in total. The fourth-order valence-electron chi connectivity index (χ4n) is 6.95. The number of nitrogens with zero attached hydrogens (tertiary/aromatic N) is 2. The molecule has 1 aromatic heterocycles. The van der Waals surface area contributed by atoms with E-state index in [4.69, 9.17) is 19.0 Å². The van der Waals surface area contributed by atoms with Gasteiger partial charge >= 0.3 is 11.9 Å². The number of esters is 2. The van der Waals surface area contributed by atoms with Crippen molar-refractivity contribution < 1.29 is 33.4 Å². The summed E-state index contributed by atoms with van der Waals surface area (Å²) < 4.78 is 16.7. The lowest BCUT2D eigenvalue weighted by atomic mass is 9.70. The fraction of sp³-hybridized carbons (Fsp3) is 0.650. The molecule has 49 heavy (non-hydrogen) atoms. The molecule has 0 aliphatic carbocycles. The number of hydrogen-bond acceptors (Lipinski definition) is 9. The molecule has 7 unspecified atom stereocenters. The average molecular weight is 681 g/mol. The predicted molar refractivity (Wildman–Crippen MR) is 190 cm³/mol. The van der Waals surface area contributed by atoms with Crippen LogP contribution in [0, 0.1) is 17.8 Å². The maximum Gasteiger partial charge on any atom is 0.309 e. The summed E-state index contributed by atoms with van der Waals surface area (Å²) in [6.45, 7) is 15.2. The number of benzene rings is 1. The first-order valence-corrected chi connectivity index (χ1v) is 18.2. The van der Waals surface area contributed by atoms with Crippen LogP contribution in [0.25, 0.3) is 0 Å². The van der Waals surface area contributed by atoms with Gasteiger partial charge in [0.2, 0.25) is 0 Å². The Balaban J connectivity index is 2.04. The minimum Gasteiger partial charge on any atom is -0.465 e. The van der Waals surface area contributed by atoms with Crippen molar-refractivity contribution in [2.24, 2.45) is 17.8 Å². The summed E-state index contributed by atoms with van der Waals surface area (Å²) in [5, 5.41) is 2.05. The minimum atomic E-state index is -0.689. The summed E-state index contributed by atoms with van der Waals surface area (Å²) in [6, 6.07) is 13.9. The number of aromatic nitrogens is 1. The monoisotopic (exact) mass is 680 g/mol. The van der Waals surface area contributed by atoms with Gasteiger partial charge in [0, 0.05) is 31.8 Å². The molecule has 0 spiro atoms. The topological polar surface area (TPSA) is 104 Å². The van der Waals surface area contributed by atoms with E-state index in [9.17, 15) is 14.4 Å². The molecule has 9 heteroatoms. The van der Waals surface area contributed by atoms with E-state index in [1.54, 1.807) is 19.5 Å². The summed E-state index contributed by atoms with van der Waals surface area (Å²) in [5.74, 6) is -1.89. The average Bonchev–Trinajstić information content (AvgIpc) is 3.11. The molecule has 3 rings (SSSR count). The standard InChI is InChI=1S/C40H60N2O7/c1-9-12-22-47-37(44)33(25-29(4)31-16-14-13-15-17-31)26-34(38(45)48-24-23-46-8)27-36(32-18-20-41-21-19-32)49-42-39(6,10-2)28-35(43)30(5)40(42,7)11-3/h13-21,29-30,33-34,36H,9-12,22-28H2,1-8H3. The zero-order valence-corrected chi connectivity index (χ0v) is 31.1. The SMILES string of the molecule is CCCCOC(=O)C(CC(CC(ON1C(C)(CC)CC(=O)C(C)C1(C)CC)c1ccncc1)C(=O)OCCOC)CC(C)c1ccccc1. The highest BCUT2D eigenvalue weighted by atomic mass is 16.7. The highest BCUT2D eigenvalue weighted by Gasteiger charge is 2.54. The first-order chi connectivity index (χ1) is 23.4. The van der Waals surface area contributed by atoms with E-state index in [-0.39, 0.29) is 49.6 Å². The van der Waals surface area contributed by atoms with Crippen molar-refractivity contribution in [1.29, 1.82) is 0 Å². The maximum absolute atomic E-state index is 14.0. The first kappa shape index (κ1) is 40.3. The van der Waals surface area contributed by atoms with Crippen LogP contribution < -0.4 is 0 Å². The van der Waals surface area contributed by atoms with Crippen LogP contribution in [0.5, 0.6) is 0 Å². The minimum absolute atomic E-state index is 0.0604. The Morgan fingerprint density at radius 3 is 2.10 bits per heavy atom. The van der Waals surface area contributed by atoms with Gasteiger partial charge in [-0.3, -0.25) is 24.2 Å². The normalized spacial score (nSPS) is 23.8. The third kappa shape index (κ3) is 10.7. The molecule has 0 radical (unpaired) electrons. The number of carbonyl (C=O) groups excluding carboxylic acids is 3. The maximum atomic E-state index is 14.0. The number of piperidine rings is 1.